The van der Waals surface area contributed by atoms with Crippen LogP contribution in [-0.4, -0.2) is 25.2 Å². The first-order valence-electron chi connectivity index (χ1n) is 7.01. The molecule has 0 radical (unpaired) electrons. The molecule has 1 saturated carbocycles. The minimum Gasteiger partial charge on any atom is -0.376 e. The van der Waals surface area contributed by atoms with E-state index in [0.29, 0.717) is 29.8 Å². The Hall–Kier alpha value is -0.580. The maximum Gasteiger partial charge on any atom is 0.252 e. The normalized spacial score (nSPS) is 16.1. The Morgan fingerprint density at radius 3 is 2.85 bits per heavy atom. The van der Waals surface area contributed by atoms with E-state index in [1.807, 2.05) is 6.07 Å². The Morgan fingerprint density at radius 1 is 1.35 bits per heavy atom. The van der Waals surface area contributed by atoms with Crippen LogP contribution in [0, 0.1) is 0 Å². The first-order valence-corrected chi connectivity index (χ1v) is 8.19. The van der Waals surface area contributed by atoms with E-state index in [2.05, 4.69) is 21.2 Å². The third-order valence-electron chi connectivity index (χ3n) is 3.47. The number of carbonyl (C=O) groups excluding carboxylic acids is 1. The van der Waals surface area contributed by atoms with Gasteiger partial charge in [-0.3, -0.25) is 4.79 Å². The summed E-state index contributed by atoms with van der Waals surface area (Å²) in [7, 11) is 0. The maximum absolute atomic E-state index is 12.0. The third-order valence-corrected chi connectivity index (χ3v) is 4.29. The molecule has 0 unspecified atom stereocenters. The van der Waals surface area contributed by atoms with Crippen LogP contribution in [0.2, 0.25) is 5.02 Å². The standard InChI is InChI=1S/C15H19BrClNO2/c16-11-6-7-14(17)13(10-11)15(19)18-8-9-20-12-4-2-1-3-5-12/h6-7,10,12H,1-5,8-9H2,(H,18,19). The summed E-state index contributed by atoms with van der Waals surface area (Å²) >= 11 is 9.35. The van der Waals surface area contributed by atoms with E-state index >= 15 is 0 Å². The number of amides is 1. The van der Waals surface area contributed by atoms with Crippen LogP contribution in [0.5, 0.6) is 0 Å². The van der Waals surface area contributed by atoms with E-state index in [9.17, 15) is 4.79 Å². The molecule has 0 atom stereocenters. The smallest absolute Gasteiger partial charge is 0.252 e. The monoisotopic (exact) mass is 359 g/mol. The van der Waals surface area contributed by atoms with Crippen LogP contribution in [0.1, 0.15) is 42.5 Å². The van der Waals surface area contributed by atoms with Gasteiger partial charge in [0.2, 0.25) is 0 Å². The molecule has 1 fully saturated rings. The number of benzene rings is 1. The number of hydrogen-bond donors (Lipinski definition) is 1. The summed E-state index contributed by atoms with van der Waals surface area (Å²) in [5, 5.41) is 3.29. The van der Waals surface area contributed by atoms with Crippen LogP contribution in [0.25, 0.3) is 0 Å². The minimum absolute atomic E-state index is 0.163. The second-order valence-corrected chi connectivity index (χ2v) is 6.33. The van der Waals surface area contributed by atoms with Gasteiger partial charge in [-0.05, 0) is 31.0 Å². The molecular weight excluding hydrogens is 342 g/mol. The number of halogens is 2. The number of hydrogen-bond acceptors (Lipinski definition) is 2. The molecule has 0 bridgehead atoms. The molecule has 110 valence electrons. The van der Waals surface area contributed by atoms with Gasteiger partial charge in [0.1, 0.15) is 0 Å². The fourth-order valence-electron chi connectivity index (χ4n) is 2.39. The quantitative estimate of drug-likeness (QED) is 0.800. The molecule has 1 N–H and O–H groups in total. The number of carbonyl (C=O) groups is 1. The minimum atomic E-state index is -0.163. The van der Waals surface area contributed by atoms with Crippen molar-refractivity contribution in [2.24, 2.45) is 0 Å². The summed E-state index contributed by atoms with van der Waals surface area (Å²) in [6.45, 7) is 1.07. The molecule has 1 aromatic carbocycles. The lowest BCUT2D eigenvalue weighted by Crippen LogP contribution is -2.29. The number of ether oxygens (including phenoxy) is 1. The molecule has 0 aliphatic heterocycles. The molecular formula is C15H19BrClNO2. The molecule has 1 aliphatic rings. The lowest BCUT2D eigenvalue weighted by Gasteiger charge is -2.22. The fraction of sp³-hybridized carbons (Fsp3) is 0.533. The molecule has 1 aromatic rings. The fourth-order valence-corrected chi connectivity index (χ4v) is 2.95. The highest BCUT2D eigenvalue weighted by atomic mass is 79.9. The van der Waals surface area contributed by atoms with Crippen molar-refractivity contribution in [3.8, 4) is 0 Å². The summed E-state index contributed by atoms with van der Waals surface area (Å²) < 4.78 is 6.60. The van der Waals surface area contributed by atoms with Crippen molar-refractivity contribution in [3.63, 3.8) is 0 Å². The maximum atomic E-state index is 12.0. The predicted octanol–water partition coefficient (Wildman–Crippen LogP) is 4.18. The first kappa shape index (κ1) is 15.8. The number of nitrogens with one attached hydrogen (secondary N) is 1. The van der Waals surface area contributed by atoms with Crippen LogP contribution < -0.4 is 5.32 Å². The molecule has 3 nitrogen and oxygen atoms in total. The van der Waals surface area contributed by atoms with Gasteiger partial charge in [0.05, 0.1) is 23.3 Å². The largest absolute Gasteiger partial charge is 0.376 e. The lowest BCUT2D eigenvalue weighted by molar-refractivity contribution is 0.0299. The van der Waals surface area contributed by atoms with E-state index in [0.717, 1.165) is 17.3 Å². The molecule has 0 aromatic heterocycles. The molecule has 1 amide bonds. The Bertz CT molecular complexity index is 461. The van der Waals surface area contributed by atoms with Gasteiger partial charge >= 0.3 is 0 Å². The Morgan fingerprint density at radius 2 is 2.10 bits per heavy atom. The first-order chi connectivity index (χ1) is 9.66. The molecule has 20 heavy (non-hydrogen) atoms. The molecule has 1 aliphatic carbocycles. The Labute approximate surface area is 133 Å². The van der Waals surface area contributed by atoms with E-state index in [4.69, 9.17) is 16.3 Å². The average Bonchev–Trinajstić information content (AvgIpc) is 2.47. The van der Waals surface area contributed by atoms with Crippen molar-refractivity contribution in [1.29, 1.82) is 0 Å². The van der Waals surface area contributed by atoms with Crippen molar-refractivity contribution < 1.29 is 9.53 Å². The summed E-state index contributed by atoms with van der Waals surface area (Å²) in [4.78, 5) is 12.0. The molecule has 0 saturated heterocycles. The van der Waals surface area contributed by atoms with E-state index in [1.165, 1.54) is 19.3 Å². The highest BCUT2D eigenvalue weighted by Crippen LogP contribution is 2.21. The van der Waals surface area contributed by atoms with Crippen molar-refractivity contribution >= 4 is 33.4 Å². The number of rotatable bonds is 5. The van der Waals surface area contributed by atoms with Gasteiger partial charge in [0.25, 0.3) is 5.91 Å². The van der Waals surface area contributed by atoms with Gasteiger partial charge in [-0.25, -0.2) is 0 Å². The van der Waals surface area contributed by atoms with Gasteiger partial charge in [0, 0.05) is 11.0 Å². The summed E-state index contributed by atoms with van der Waals surface area (Å²) in [6, 6.07) is 5.24. The molecule has 0 spiro atoms. The average molecular weight is 361 g/mol. The van der Waals surface area contributed by atoms with Crippen molar-refractivity contribution in [2.75, 3.05) is 13.2 Å². The summed E-state index contributed by atoms with van der Waals surface area (Å²) in [6.07, 6.45) is 6.49. The predicted molar refractivity (Wildman–Crippen MR) is 84.3 cm³/mol. The Balaban J connectivity index is 1.73. The van der Waals surface area contributed by atoms with Gasteiger partial charge in [0.15, 0.2) is 0 Å². The van der Waals surface area contributed by atoms with Crippen LogP contribution in [0.15, 0.2) is 22.7 Å². The van der Waals surface area contributed by atoms with Crippen LogP contribution in [-0.2, 0) is 4.74 Å². The third kappa shape index (κ3) is 4.76. The second kappa shape index (κ2) is 8.01. The van der Waals surface area contributed by atoms with E-state index in [-0.39, 0.29) is 5.91 Å². The van der Waals surface area contributed by atoms with Crippen LogP contribution >= 0.6 is 27.5 Å². The molecule has 0 heterocycles. The Kier molecular flexibility index (Phi) is 6.33. The molecule has 2 rings (SSSR count). The zero-order valence-corrected chi connectivity index (χ0v) is 13.7. The highest BCUT2D eigenvalue weighted by molar-refractivity contribution is 9.10. The van der Waals surface area contributed by atoms with Gasteiger partial charge in [-0.2, -0.15) is 0 Å². The zero-order valence-electron chi connectivity index (χ0n) is 11.3. The van der Waals surface area contributed by atoms with Crippen LogP contribution in [0.3, 0.4) is 0 Å². The van der Waals surface area contributed by atoms with E-state index < -0.39 is 0 Å². The summed E-state index contributed by atoms with van der Waals surface area (Å²) in [5.41, 5.74) is 0.485. The van der Waals surface area contributed by atoms with Gasteiger partial charge in [-0.15, -0.1) is 0 Å². The van der Waals surface area contributed by atoms with Crippen molar-refractivity contribution in [1.82, 2.24) is 5.32 Å². The lowest BCUT2D eigenvalue weighted by atomic mass is 9.98. The van der Waals surface area contributed by atoms with Crippen molar-refractivity contribution in [2.45, 2.75) is 38.2 Å². The topological polar surface area (TPSA) is 38.3 Å². The summed E-state index contributed by atoms with van der Waals surface area (Å²) in [5.74, 6) is -0.163. The van der Waals surface area contributed by atoms with Crippen molar-refractivity contribution in [3.05, 3.63) is 33.3 Å². The van der Waals surface area contributed by atoms with E-state index in [1.54, 1.807) is 12.1 Å². The zero-order chi connectivity index (χ0) is 14.4. The highest BCUT2D eigenvalue weighted by Gasteiger charge is 2.14. The molecule has 5 heteroatoms. The second-order valence-electron chi connectivity index (χ2n) is 5.01. The van der Waals surface area contributed by atoms with Gasteiger partial charge in [-0.1, -0.05) is 46.8 Å². The SMILES string of the molecule is O=C(NCCOC1CCCCC1)c1cc(Br)ccc1Cl. The van der Waals surface area contributed by atoms with Gasteiger partial charge < -0.3 is 10.1 Å². The van der Waals surface area contributed by atoms with Crippen LogP contribution in [0.4, 0.5) is 0 Å².